The van der Waals surface area contributed by atoms with E-state index in [1.165, 1.54) is 0 Å². The number of nitrogens with zero attached hydrogens (tertiary/aromatic N) is 3. The van der Waals surface area contributed by atoms with Crippen molar-refractivity contribution in [1.82, 2.24) is 15.0 Å². The molecule has 6 heteroatoms. The molecule has 0 aliphatic rings. The Hall–Kier alpha value is -2.47. The molecule has 0 amide bonds. The maximum atomic E-state index is 11.4. The van der Waals surface area contributed by atoms with Crippen LogP contribution in [0.3, 0.4) is 0 Å². The van der Waals surface area contributed by atoms with Crippen LogP contribution in [-0.4, -0.2) is 26.1 Å². The number of carboxylic acids is 1. The zero-order valence-electron chi connectivity index (χ0n) is 11.4. The van der Waals surface area contributed by atoms with Crippen LogP contribution in [0.4, 0.5) is 0 Å². The van der Waals surface area contributed by atoms with Gasteiger partial charge in [0.1, 0.15) is 0 Å². The number of para-hydroxylation sites is 1. The van der Waals surface area contributed by atoms with Crippen LogP contribution in [0.25, 0.3) is 5.69 Å². The number of aryl methyl sites for hydroxylation is 1. The summed E-state index contributed by atoms with van der Waals surface area (Å²) in [5.41, 5.74) is 2.47. The number of carboxylic acid groups (broad SMARTS) is 1. The second kappa shape index (κ2) is 5.49. The molecule has 0 saturated heterocycles. The van der Waals surface area contributed by atoms with Gasteiger partial charge in [-0.05, 0) is 30.0 Å². The van der Waals surface area contributed by atoms with Crippen molar-refractivity contribution in [1.29, 1.82) is 0 Å². The predicted octanol–water partition coefficient (Wildman–Crippen LogP) is 2.93. The molecule has 0 saturated carbocycles. The second-order valence-corrected chi connectivity index (χ2v) is 5.68. The second-order valence-electron chi connectivity index (χ2n) is 4.64. The Morgan fingerprint density at radius 3 is 2.76 bits per heavy atom. The van der Waals surface area contributed by atoms with Crippen molar-refractivity contribution in [3.63, 3.8) is 0 Å². The van der Waals surface area contributed by atoms with Gasteiger partial charge < -0.3 is 5.11 Å². The monoisotopic (exact) mass is 299 g/mol. The third kappa shape index (κ3) is 2.57. The number of rotatable bonds is 4. The topological polar surface area (TPSA) is 68.0 Å². The molecule has 0 aliphatic carbocycles. The number of hydrogen-bond donors (Lipinski definition) is 1. The molecule has 1 aromatic carbocycles. The molecule has 2 aromatic heterocycles. The van der Waals surface area contributed by atoms with E-state index in [2.05, 4.69) is 10.3 Å². The third-order valence-corrected chi connectivity index (χ3v) is 4.11. The van der Waals surface area contributed by atoms with E-state index in [1.807, 2.05) is 48.7 Å². The SMILES string of the molecule is Cc1ccccc1-n1nnc(C(=O)O)c1Cc1cccs1. The molecule has 0 radical (unpaired) electrons. The summed E-state index contributed by atoms with van der Waals surface area (Å²) in [7, 11) is 0. The highest BCUT2D eigenvalue weighted by molar-refractivity contribution is 7.09. The van der Waals surface area contributed by atoms with Gasteiger partial charge in [-0.3, -0.25) is 0 Å². The van der Waals surface area contributed by atoms with Gasteiger partial charge in [0, 0.05) is 11.3 Å². The first kappa shape index (κ1) is 13.5. The number of carbonyl (C=O) groups is 1. The Bertz CT molecular complexity index is 778. The quantitative estimate of drug-likeness (QED) is 0.804. The summed E-state index contributed by atoms with van der Waals surface area (Å²) in [6.45, 7) is 1.96. The minimum Gasteiger partial charge on any atom is -0.476 e. The molecule has 0 fully saturated rings. The van der Waals surface area contributed by atoms with Crippen molar-refractivity contribution in [3.05, 3.63) is 63.6 Å². The number of aromatic carboxylic acids is 1. The van der Waals surface area contributed by atoms with E-state index >= 15 is 0 Å². The van der Waals surface area contributed by atoms with E-state index in [9.17, 15) is 9.90 Å². The minimum atomic E-state index is -1.05. The van der Waals surface area contributed by atoms with Crippen LogP contribution in [-0.2, 0) is 6.42 Å². The lowest BCUT2D eigenvalue weighted by Gasteiger charge is -2.08. The van der Waals surface area contributed by atoms with Gasteiger partial charge in [0.15, 0.2) is 5.69 Å². The van der Waals surface area contributed by atoms with Crippen molar-refractivity contribution >= 4 is 17.3 Å². The third-order valence-electron chi connectivity index (χ3n) is 3.23. The van der Waals surface area contributed by atoms with Crippen molar-refractivity contribution < 1.29 is 9.90 Å². The largest absolute Gasteiger partial charge is 0.476 e. The van der Waals surface area contributed by atoms with Crippen LogP contribution in [0.2, 0.25) is 0 Å². The summed E-state index contributed by atoms with van der Waals surface area (Å²) >= 11 is 1.59. The van der Waals surface area contributed by atoms with E-state index in [-0.39, 0.29) is 5.69 Å². The Kier molecular flexibility index (Phi) is 3.53. The van der Waals surface area contributed by atoms with Gasteiger partial charge in [0.25, 0.3) is 0 Å². The molecule has 0 aliphatic heterocycles. The first-order chi connectivity index (χ1) is 10.2. The summed E-state index contributed by atoms with van der Waals surface area (Å²) in [5.74, 6) is -1.05. The van der Waals surface area contributed by atoms with Crippen LogP contribution in [0.1, 0.15) is 26.6 Å². The smallest absolute Gasteiger partial charge is 0.358 e. The summed E-state index contributed by atoms with van der Waals surface area (Å²) in [6, 6.07) is 11.6. The van der Waals surface area contributed by atoms with Crippen molar-refractivity contribution in [3.8, 4) is 5.69 Å². The number of hydrogen-bond acceptors (Lipinski definition) is 4. The highest BCUT2D eigenvalue weighted by Crippen LogP contribution is 2.21. The van der Waals surface area contributed by atoms with Gasteiger partial charge in [-0.25, -0.2) is 9.48 Å². The zero-order chi connectivity index (χ0) is 14.8. The Morgan fingerprint density at radius 1 is 1.29 bits per heavy atom. The highest BCUT2D eigenvalue weighted by atomic mass is 32.1. The Morgan fingerprint density at radius 2 is 2.10 bits per heavy atom. The lowest BCUT2D eigenvalue weighted by atomic mass is 10.1. The molecular weight excluding hydrogens is 286 g/mol. The fourth-order valence-electron chi connectivity index (χ4n) is 2.20. The van der Waals surface area contributed by atoms with Crippen molar-refractivity contribution in [2.24, 2.45) is 0 Å². The first-order valence-electron chi connectivity index (χ1n) is 6.43. The summed E-state index contributed by atoms with van der Waals surface area (Å²) in [4.78, 5) is 12.4. The lowest BCUT2D eigenvalue weighted by Crippen LogP contribution is -2.08. The fourth-order valence-corrected chi connectivity index (χ4v) is 2.91. The molecule has 3 rings (SSSR count). The van der Waals surface area contributed by atoms with Gasteiger partial charge in [0.2, 0.25) is 0 Å². The maximum Gasteiger partial charge on any atom is 0.358 e. The first-order valence-corrected chi connectivity index (χ1v) is 7.31. The molecule has 5 nitrogen and oxygen atoms in total. The Labute approximate surface area is 125 Å². The molecule has 0 unspecified atom stereocenters. The summed E-state index contributed by atoms with van der Waals surface area (Å²) in [5, 5.41) is 19.2. The maximum absolute atomic E-state index is 11.4. The number of thiophene rings is 1. The van der Waals surface area contributed by atoms with E-state index < -0.39 is 5.97 Å². The molecule has 0 spiro atoms. The normalized spacial score (nSPS) is 10.7. The number of benzene rings is 1. The van der Waals surface area contributed by atoms with Crippen LogP contribution in [0, 0.1) is 6.92 Å². The van der Waals surface area contributed by atoms with Gasteiger partial charge in [-0.2, -0.15) is 0 Å². The van der Waals surface area contributed by atoms with Crippen LogP contribution in [0.15, 0.2) is 41.8 Å². The average molecular weight is 299 g/mol. The summed E-state index contributed by atoms with van der Waals surface area (Å²) < 4.78 is 1.62. The van der Waals surface area contributed by atoms with Crippen molar-refractivity contribution in [2.45, 2.75) is 13.3 Å². The predicted molar refractivity (Wildman–Crippen MR) is 80.2 cm³/mol. The highest BCUT2D eigenvalue weighted by Gasteiger charge is 2.21. The molecule has 106 valence electrons. The molecule has 0 bridgehead atoms. The van der Waals surface area contributed by atoms with Gasteiger partial charge in [-0.1, -0.05) is 29.5 Å². The Balaban J connectivity index is 2.13. The zero-order valence-corrected chi connectivity index (χ0v) is 12.2. The molecule has 2 heterocycles. The molecule has 1 N–H and O–H groups in total. The molecule has 21 heavy (non-hydrogen) atoms. The van der Waals surface area contributed by atoms with E-state index in [0.29, 0.717) is 12.1 Å². The lowest BCUT2D eigenvalue weighted by molar-refractivity contribution is 0.0689. The van der Waals surface area contributed by atoms with Gasteiger partial charge >= 0.3 is 5.97 Å². The minimum absolute atomic E-state index is 0.00616. The summed E-state index contributed by atoms with van der Waals surface area (Å²) in [6.07, 6.45) is 0.501. The van der Waals surface area contributed by atoms with E-state index in [0.717, 1.165) is 16.1 Å². The van der Waals surface area contributed by atoms with Crippen LogP contribution < -0.4 is 0 Å². The standard InChI is InChI=1S/C15H13N3O2S/c1-10-5-2-3-7-12(10)18-13(9-11-6-4-8-21-11)14(15(19)20)16-17-18/h2-8H,9H2,1H3,(H,19,20). The molecule has 0 atom stereocenters. The van der Waals surface area contributed by atoms with Crippen LogP contribution in [0.5, 0.6) is 0 Å². The molecular formula is C15H13N3O2S. The van der Waals surface area contributed by atoms with E-state index in [4.69, 9.17) is 0 Å². The van der Waals surface area contributed by atoms with Crippen LogP contribution >= 0.6 is 11.3 Å². The molecule has 3 aromatic rings. The fraction of sp³-hybridized carbons (Fsp3) is 0.133. The van der Waals surface area contributed by atoms with E-state index in [1.54, 1.807) is 16.0 Å². The van der Waals surface area contributed by atoms with Gasteiger partial charge in [-0.15, -0.1) is 16.4 Å². The average Bonchev–Trinajstić information content (AvgIpc) is 3.10. The van der Waals surface area contributed by atoms with Gasteiger partial charge in [0.05, 0.1) is 11.4 Å². The van der Waals surface area contributed by atoms with Crippen molar-refractivity contribution in [2.75, 3.05) is 0 Å². The number of aromatic nitrogens is 3.